The zero-order valence-electron chi connectivity index (χ0n) is 15.1. The highest BCUT2D eigenvalue weighted by Gasteiger charge is 2.20. The summed E-state index contributed by atoms with van der Waals surface area (Å²) in [5, 5.41) is 11.4. The Hall–Kier alpha value is -2.84. The van der Waals surface area contributed by atoms with Gasteiger partial charge in [-0.1, -0.05) is 54.2 Å². The maximum Gasteiger partial charge on any atom is 0.277 e. The van der Waals surface area contributed by atoms with Crippen molar-refractivity contribution in [2.45, 2.75) is 11.3 Å². The van der Waals surface area contributed by atoms with Crippen LogP contribution >= 0.6 is 27.7 Å². The van der Waals surface area contributed by atoms with Crippen LogP contribution in [0, 0.1) is 0 Å². The molecule has 1 amide bonds. The highest BCUT2D eigenvalue weighted by Crippen LogP contribution is 2.29. The molecule has 0 aliphatic carbocycles. The molecule has 0 fully saturated rings. The Labute approximate surface area is 179 Å². The zero-order chi connectivity index (χ0) is 20.1. The molecule has 0 unspecified atom stereocenters. The second-order valence-corrected chi connectivity index (χ2v) is 7.85. The van der Waals surface area contributed by atoms with Crippen molar-refractivity contribution < 1.29 is 13.6 Å². The lowest BCUT2D eigenvalue weighted by Crippen LogP contribution is -2.30. The van der Waals surface area contributed by atoms with Gasteiger partial charge in [-0.25, -0.2) is 0 Å². The number of rotatable bonds is 7. The molecule has 0 radical (unpaired) electrons. The van der Waals surface area contributed by atoms with Gasteiger partial charge < -0.3 is 14.2 Å². The van der Waals surface area contributed by atoms with Crippen LogP contribution < -0.4 is 5.32 Å². The molecule has 2 heterocycles. The fraction of sp³-hybridized carbons (Fsp3) is 0.0952. The Bertz CT molecular complexity index is 1080. The Morgan fingerprint density at radius 1 is 1.03 bits per heavy atom. The molecule has 2 aromatic heterocycles. The topological polar surface area (TPSA) is 81.2 Å². The molecule has 4 rings (SSSR count). The van der Waals surface area contributed by atoms with E-state index in [4.69, 9.17) is 8.83 Å². The van der Waals surface area contributed by atoms with E-state index in [-0.39, 0.29) is 17.7 Å². The zero-order valence-corrected chi connectivity index (χ0v) is 17.5. The van der Waals surface area contributed by atoms with Crippen molar-refractivity contribution in [2.24, 2.45) is 0 Å². The molecule has 8 heteroatoms. The Morgan fingerprint density at radius 3 is 2.59 bits per heavy atom. The quantitative estimate of drug-likeness (QED) is 0.379. The second kappa shape index (κ2) is 9.11. The molecule has 0 saturated carbocycles. The number of thioether (sulfide) groups is 1. The van der Waals surface area contributed by atoms with Crippen molar-refractivity contribution in [3.05, 3.63) is 88.8 Å². The minimum absolute atomic E-state index is 0.141. The van der Waals surface area contributed by atoms with Crippen molar-refractivity contribution in [2.75, 3.05) is 5.75 Å². The predicted molar refractivity (Wildman–Crippen MR) is 113 cm³/mol. The first-order chi connectivity index (χ1) is 14.2. The minimum atomic E-state index is -0.363. The van der Waals surface area contributed by atoms with Gasteiger partial charge in [0.1, 0.15) is 11.8 Å². The normalized spacial score (nSPS) is 11.9. The third-order valence-electron chi connectivity index (χ3n) is 4.10. The first-order valence-corrected chi connectivity index (χ1v) is 10.6. The van der Waals surface area contributed by atoms with E-state index in [0.29, 0.717) is 16.9 Å². The molecule has 0 bridgehead atoms. The van der Waals surface area contributed by atoms with Crippen LogP contribution in [0.5, 0.6) is 0 Å². The van der Waals surface area contributed by atoms with E-state index in [2.05, 4.69) is 31.4 Å². The predicted octanol–water partition coefficient (Wildman–Crippen LogP) is 5.09. The van der Waals surface area contributed by atoms with Crippen molar-refractivity contribution in [3.8, 4) is 11.5 Å². The summed E-state index contributed by atoms with van der Waals surface area (Å²) < 4.78 is 12.0. The van der Waals surface area contributed by atoms with Gasteiger partial charge in [-0.15, -0.1) is 10.2 Å². The molecule has 146 valence electrons. The molecule has 6 nitrogen and oxygen atoms in total. The Balaban J connectivity index is 1.41. The lowest BCUT2D eigenvalue weighted by Gasteiger charge is -2.16. The summed E-state index contributed by atoms with van der Waals surface area (Å²) in [5.41, 5.74) is 1.74. The highest BCUT2D eigenvalue weighted by molar-refractivity contribution is 9.10. The third-order valence-corrected chi connectivity index (χ3v) is 5.61. The molecule has 1 atom stereocenters. The number of benzene rings is 2. The van der Waals surface area contributed by atoms with Crippen LogP contribution in [0.2, 0.25) is 0 Å². The summed E-state index contributed by atoms with van der Waals surface area (Å²) in [7, 11) is 0. The van der Waals surface area contributed by atoms with Gasteiger partial charge in [0.25, 0.3) is 5.22 Å². The molecule has 1 N–H and O–H groups in total. The minimum Gasteiger partial charge on any atom is -0.467 e. The van der Waals surface area contributed by atoms with Gasteiger partial charge in [-0.3, -0.25) is 4.79 Å². The van der Waals surface area contributed by atoms with Crippen molar-refractivity contribution >= 4 is 33.6 Å². The van der Waals surface area contributed by atoms with Gasteiger partial charge >= 0.3 is 0 Å². The fourth-order valence-electron chi connectivity index (χ4n) is 2.76. The van der Waals surface area contributed by atoms with Crippen LogP contribution in [-0.2, 0) is 4.79 Å². The van der Waals surface area contributed by atoms with Crippen molar-refractivity contribution in [1.82, 2.24) is 15.5 Å². The standard InChI is InChI=1S/C21H16BrN3O3S/c22-16-10-5-4-9-15(16)20-24-25-21(28-20)29-13-18(26)23-19(17-11-6-12-27-17)14-7-2-1-3-8-14/h1-12,19H,13H2,(H,23,26)/t19-/m1/s1. The number of furan rings is 1. The van der Waals surface area contributed by atoms with Gasteiger partial charge in [0.05, 0.1) is 17.6 Å². The highest BCUT2D eigenvalue weighted by atomic mass is 79.9. The molecule has 2 aromatic carbocycles. The van der Waals surface area contributed by atoms with Gasteiger partial charge in [-0.2, -0.15) is 0 Å². The van der Waals surface area contributed by atoms with E-state index in [0.717, 1.165) is 15.6 Å². The average Bonchev–Trinajstić information content (AvgIpc) is 3.44. The molecule has 0 aliphatic rings. The van der Waals surface area contributed by atoms with Crippen LogP contribution in [0.15, 0.2) is 91.5 Å². The number of carbonyl (C=O) groups is 1. The van der Waals surface area contributed by atoms with E-state index in [9.17, 15) is 4.79 Å². The molecule has 29 heavy (non-hydrogen) atoms. The number of nitrogens with one attached hydrogen (secondary N) is 1. The monoisotopic (exact) mass is 469 g/mol. The first-order valence-electron chi connectivity index (χ1n) is 8.79. The van der Waals surface area contributed by atoms with Crippen LogP contribution in [0.25, 0.3) is 11.5 Å². The molecule has 0 aliphatic heterocycles. The van der Waals surface area contributed by atoms with E-state index in [1.54, 1.807) is 12.3 Å². The van der Waals surface area contributed by atoms with Gasteiger partial charge in [-0.05, 0) is 45.8 Å². The second-order valence-electron chi connectivity index (χ2n) is 6.07. The summed E-state index contributed by atoms with van der Waals surface area (Å²) in [6.07, 6.45) is 1.59. The van der Waals surface area contributed by atoms with Crippen molar-refractivity contribution in [1.29, 1.82) is 0 Å². The van der Waals surface area contributed by atoms with Crippen LogP contribution in [0.1, 0.15) is 17.4 Å². The van der Waals surface area contributed by atoms with E-state index < -0.39 is 0 Å². The largest absolute Gasteiger partial charge is 0.467 e. The number of aromatic nitrogens is 2. The fourth-order valence-corrected chi connectivity index (χ4v) is 3.79. The maximum absolute atomic E-state index is 12.6. The number of amides is 1. The lowest BCUT2D eigenvalue weighted by atomic mass is 10.0. The van der Waals surface area contributed by atoms with Crippen LogP contribution in [-0.4, -0.2) is 21.9 Å². The summed E-state index contributed by atoms with van der Waals surface area (Å²) >= 11 is 4.65. The Kier molecular flexibility index (Phi) is 6.12. The van der Waals surface area contributed by atoms with Gasteiger partial charge in [0.15, 0.2) is 0 Å². The summed E-state index contributed by atoms with van der Waals surface area (Å²) in [4.78, 5) is 12.6. The van der Waals surface area contributed by atoms with Gasteiger partial charge in [0, 0.05) is 4.47 Å². The molecule has 0 saturated heterocycles. The summed E-state index contributed by atoms with van der Waals surface area (Å²) in [5.74, 6) is 1.05. The molecule has 4 aromatic rings. The third kappa shape index (κ3) is 4.78. The van der Waals surface area contributed by atoms with Crippen molar-refractivity contribution in [3.63, 3.8) is 0 Å². The Morgan fingerprint density at radius 2 is 1.83 bits per heavy atom. The van der Waals surface area contributed by atoms with E-state index in [1.807, 2.05) is 60.7 Å². The number of nitrogens with zero attached hydrogens (tertiary/aromatic N) is 2. The molecular weight excluding hydrogens is 454 g/mol. The SMILES string of the molecule is O=C(CSc1nnc(-c2ccccc2Br)o1)N[C@H](c1ccccc1)c1ccco1. The number of carbonyl (C=O) groups excluding carboxylic acids is 1. The number of hydrogen-bond acceptors (Lipinski definition) is 6. The van der Waals surface area contributed by atoms with E-state index in [1.165, 1.54) is 11.8 Å². The lowest BCUT2D eigenvalue weighted by molar-refractivity contribution is -0.119. The maximum atomic E-state index is 12.6. The molecular formula is C21H16BrN3O3S. The van der Waals surface area contributed by atoms with Crippen LogP contribution in [0.4, 0.5) is 0 Å². The number of hydrogen-bond donors (Lipinski definition) is 1. The van der Waals surface area contributed by atoms with E-state index >= 15 is 0 Å². The smallest absolute Gasteiger partial charge is 0.277 e. The summed E-state index contributed by atoms with van der Waals surface area (Å²) in [6, 6.07) is 20.5. The van der Waals surface area contributed by atoms with Gasteiger partial charge in [0.2, 0.25) is 11.8 Å². The molecule has 0 spiro atoms. The van der Waals surface area contributed by atoms with Crippen LogP contribution in [0.3, 0.4) is 0 Å². The summed E-state index contributed by atoms with van der Waals surface area (Å²) in [6.45, 7) is 0. The number of halogens is 1. The average molecular weight is 470 g/mol. The first kappa shape index (κ1) is 19.5.